The first-order chi connectivity index (χ1) is 26.1. The normalized spacial score (nSPS) is 29.5. The van der Waals surface area contributed by atoms with Crippen LogP contribution in [0, 0.1) is 0 Å². The van der Waals surface area contributed by atoms with Gasteiger partial charge in [-0.3, -0.25) is 4.79 Å². The van der Waals surface area contributed by atoms with Crippen molar-refractivity contribution in [1.29, 1.82) is 0 Å². The summed E-state index contributed by atoms with van der Waals surface area (Å²) in [6.45, 7) is 3.57. The van der Waals surface area contributed by atoms with E-state index in [0.717, 1.165) is 51.4 Å². The lowest BCUT2D eigenvalue weighted by atomic mass is 9.98. The second kappa shape index (κ2) is 29.9. The van der Waals surface area contributed by atoms with Crippen LogP contribution in [0.4, 0.5) is 0 Å². The monoisotopic (exact) mass is 779 g/mol. The first-order valence-electron chi connectivity index (χ1n) is 20.8. The van der Waals surface area contributed by atoms with Crippen molar-refractivity contribution in [2.45, 2.75) is 203 Å². The summed E-state index contributed by atoms with van der Waals surface area (Å²) in [4.78, 5) is 12.8. The smallest absolute Gasteiger partial charge is 0.306 e. The van der Waals surface area contributed by atoms with Crippen molar-refractivity contribution in [2.24, 2.45) is 0 Å². The molecule has 2 aliphatic rings. The highest BCUT2D eigenvalue weighted by Gasteiger charge is 2.47. The van der Waals surface area contributed by atoms with Gasteiger partial charge in [-0.25, -0.2) is 0 Å². The van der Waals surface area contributed by atoms with Crippen molar-refractivity contribution in [3.63, 3.8) is 0 Å². The second-order valence-corrected chi connectivity index (χ2v) is 14.8. The Hall–Kier alpha value is -1.27. The number of carbonyl (C=O) groups excluding carboxylic acids is 1. The fourth-order valence-corrected chi connectivity index (χ4v) is 6.52. The zero-order chi connectivity index (χ0) is 39.6. The van der Waals surface area contributed by atoms with Crippen LogP contribution in [0.25, 0.3) is 0 Å². The number of allylic oxidation sites excluding steroid dienone is 2. The average molecular weight is 779 g/mol. The number of aliphatic hydroxyl groups is 7. The van der Waals surface area contributed by atoms with Crippen LogP contribution in [0.15, 0.2) is 12.2 Å². The highest BCUT2D eigenvalue weighted by atomic mass is 16.7. The van der Waals surface area contributed by atoms with E-state index >= 15 is 0 Å². The summed E-state index contributed by atoms with van der Waals surface area (Å²) in [6.07, 6.45) is 8.73. The molecule has 0 aromatic rings. The van der Waals surface area contributed by atoms with Crippen molar-refractivity contribution in [2.75, 3.05) is 33.0 Å². The Morgan fingerprint density at radius 3 is 1.76 bits per heavy atom. The standard InChI is InChI=1S/C40H74O14/c1-3-5-7-9-11-13-14-16-18-20-22-24-49-26-29(52-32(42)23-21-19-17-15-12-10-8-6-4-2)27-50-39-38(48)36(46)34(44)31(54-39)28-51-40-37(47)35(45)33(43)30(25-41)53-40/h7,9,29-31,33-41,43-48H,3-6,8,10-28H2,1-2H3/b9-7-. The molecule has 2 rings (SSSR count). The minimum Gasteiger partial charge on any atom is -0.457 e. The van der Waals surface area contributed by atoms with Gasteiger partial charge in [0.2, 0.25) is 0 Å². The molecule has 2 aliphatic heterocycles. The molecule has 2 fully saturated rings. The predicted octanol–water partition coefficient (Wildman–Crippen LogP) is 3.56. The summed E-state index contributed by atoms with van der Waals surface area (Å²) in [5.74, 6) is -0.383. The average Bonchev–Trinajstić information content (AvgIpc) is 3.16. The Morgan fingerprint density at radius 2 is 1.13 bits per heavy atom. The lowest BCUT2D eigenvalue weighted by molar-refractivity contribution is -0.332. The Labute approximate surface area is 323 Å². The Kier molecular flexibility index (Phi) is 27.1. The van der Waals surface area contributed by atoms with Crippen molar-refractivity contribution < 1.29 is 69.0 Å². The molecular formula is C40H74O14. The summed E-state index contributed by atoms with van der Waals surface area (Å²) in [5.41, 5.74) is 0. The number of hydrogen-bond acceptors (Lipinski definition) is 14. The van der Waals surface area contributed by atoms with Gasteiger partial charge in [-0.2, -0.15) is 0 Å². The summed E-state index contributed by atoms with van der Waals surface area (Å²) in [7, 11) is 0. The molecule has 54 heavy (non-hydrogen) atoms. The molecule has 14 nitrogen and oxygen atoms in total. The number of aliphatic hydroxyl groups excluding tert-OH is 7. The molecule has 11 atom stereocenters. The summed E-state index contributed by atoms with van der Waals surface area (Å²) in [5, 5.41) is 71.6. The van der Waals surface area contributed by atoms with Gasteiger partial charge >= 0.3 is 5.97 Å². The molecule has 11 unspecified atom stereocenters. The van der Waals surface area contributed by atoms with E-state index in [1.54, 1.807) is 0 Å². The number of esters is 1. The molecule has 0 aromatic carbocycles. The van der Waals surface area contributed by atoms with E-state index in [2.05, 4.69) is 26.0 Å². The molecule has 0 radical (unpaired) electrons. The zero-order valence-electron chi connectivity index (χ0n) is 33.0. The maximum absolute atomic E-state index is 12.8. The van der Waals surface area contributed by atoms with E-state index in [-0.39, 0.29) is 25.6 Å². The van der Waals surface area contributed by atoms with E-state index in [0.29, 0.717) is 13.0 Å². The van der Waals surface area contributed by atoms with E-state index in [1.807, 2.05) is 0 Å². The Balaban J connectivity index is 1.85. The fourth-order valence-electron chi connectivity index (χ4n) is 6.52. The molecule has 2 heterocycles. The quantitative estimate of drug-likeness (QED) is 0.0305. The molecule has 0 bridgehead atoms. The lowest BCUT2D eigenvalue weighted by Crippen LogP contribution is -2.61. The van der Waals surface area contributed by atoms with Crippen molar-refractivity contribution in [1.82, 2.24) is 0 Å². The van der Waals surface area contributed by atoms with Gasteiger partial charge in [0.05, 0.1) is 26.4 Å². The van der Waals surface area contributed by atoms with Crippen LogP contribution in [-0.4, -0.2) is 142 Å². The van der Waals surface area contributed by atoms with Crippen LogP contribution in [0.1, 0.15) is 136 Å². The number of unbranched alkanes of at least 4 members (excludes halogenated alkanes) is 15. The molecule has 2 saturated heterocycles. The molecule has 0 aromatic heterocycles. The van der Waals surface area contributed by atoms with Gasteiger partial charge in [0.15, 0.2) is 12.6 Å². The molecule has 0 amide bonds. The summed E-state index contributed by atoms with van der Waals surface area (Å²) in [6, 6.07) is 0. The van der Waals surface area contributed by atoms with Crippen LogP contribution in [0.2, 0.25) is 0 Å². The van der Waals surface area contributed by atoms with Crippen LogP contribution < -0.4 is 0 Å². The fraction of sp³-hybridized carbons (Fsp3) is 0.925. The number of ether oxygens (including phenoxy) is 6. The van der Waals surface area contributed by atoms with Gasteiger partial charge in [0.25, 0.3) is 0 Å². The minimum atomic E-state index is -1.70. The molecule has 0 aliphatic carbocycles. The second-order valence-electron chi connectivity index (χ2n) is 14.8. The van der Waals surface area contributed by atoms with Crippen molar-refractivity contribution in [3.8, 4) is 0 Å². The van der Waals surface area contributed by atoms with E-state index in [1.165, 1.54) is 57.8 Å². The lowest BCUT2D eigenvalue weighted by Gasteiger charge is -2.42. The van der Waals surface area contributed by atoms with Gasteiger partial charge in [-0.15, -0.1) is 0 Å². The minimum absolute atomic E-state index is 0.0608. The molecule has 0 saturated carbocycles. The predicted molar refractivity (Wildman–Crippen MR) is 201 cm³/mol. The van der Waals surface area contributed by atoms with Gasteiger partial charge in [-0.05, 0) is 32.1 Å². The molecule has 318 valence electrons. The molecule has 14 heteroatoms. The van der Waals surface area contributed by atoms with Crippen molar-refractivity contribution >= 4 is 5.97 Å². The molecular weight excluding hydrogens is 704 g/mol. The van der Waals surface area contributed by atoms with Gasteiger partial charge in [0, 0.05) is 13.0 Å². The van der Waals surface area contributed by atoms with Crippen molar-refractivity contribution in [3.05, 3.63) is 12.2 Å². The zero-order valence-corrected chi connectivity index (χ0v) is 33.0. The highest BCUT2D eigenvalue weighted by molar-refractivity contribution is 5.69. The first-order valence-corrected chi connectivity index (χ1v) is 20.8. The third-order valence-corrected chi connectivity index (χ3v) is 10.0. The van der Waals surface area contributed by atoms with Gasteiger partial charge < -0.3 is 64.2 Å². The van der Waals surface area contributed by atoms with E-state index < -0.39 is 80.7 Å². The van der Waals surface area contributed by atoms with Crippen LogP contribution in [0.3, 0.4) is 0 Å². The third kappa shape index (κ3) is 19.3. The largest absolute Gasteiger partial charge is 0.457 e. The Morgan fingerprint density at radius 1 is 0.593 bits per heavy atom. The summed E-state index contributed by atoms with van der Waals surface area (Å²) >= 11 is 0. The SMILES string of the molecule is CCC/C=C\CCCCCCCCOCC(COC1OC(COC2OC(CO)C(O)C(O)C2O)C(O)C(O)C1O)OC(=O)CCCCCCCCCCC. The molecule has 7 N–H and O–H groups in total. The number of carbonyl (C=O) groups is 1. The topological polar surface area (TPSA) is 214 Å². The van der Waals surface area contributed by atoms with Crippen LogP contribution in [-0.2, 0) is 33.2 Å². The molecule has 0 spiro atoms. The van der Waals surface area contributed by atoms with Gasteiger partial charge in [0.1, 0.15) is 54.9 Å². The maximum Gasteiger partial charge on any atom is 0.306 e. The highest BCUT2D eigenvalue weighted by Crippen LogP contribution is 2.26. The summed E-state index contributed by atoms with van der Waals surface area (Å²) < 4.78 is 34.0. The van der Waals surface area contributed by atoms with Crippen LogP contribution in [0.5, 0.6) is 0 Å². The first kappa shape index (κ1) is 48.9. The maximum atomic E-state index is 12.8. The Bertz CT molecular complexity index is 954. The number of rotatable bonds is 31. The number of hydrogen-bond donors (Lipinski definition) is 7. The third-order valence-electron chi connectivity index (χ3n) is 10.0. The van der Waals surface area contributed by atoms with Crippen LogP contribution >= 0.6 is 0 Å². The van der Waals surface area contributed by atoms with E-state index in [9.17, 15) is 40.5 Å². The van der Waals surface area contributed by atoms with Gasteiger partial charge in [-0.1, -0.05) is 109 Å². The van der Waals surface area contributed by atoms with E-state index in [4.69, 9.17) is 28.4 Å².